The predicted octanol–water partition coefficient (Wildman–Crippen LogP) is 8.37. The minimum absolute atomic E-state index is 0.788. The molecule has 0 saturated carbocycles. The number of aromatic nitrogens is 1. The van der Waals surface area contributed by atoms with Crippen molar-refractivity contribution in [2.24, 2.45) is 4.99 Å². The van der Waals surface area contributed by atoms with Crippen LogP contribution in [0.2, 0.25) is 0 Å². The Balaban J connectivity index is 1.89. The van der Waals surface area contributed by atoms with Gasteiger partial charge in [-0.05, 0) is 68.0 Å². The predicted molar refractivity (Wildman–Crippen MR) is 161 cm³/mol. The van der Waals surface area contributed by atoms with Crippen molar-refractivity contribution in [3.05, 3.63) is 125 Å². The third-order valence-corrected chi connectivity index (χ3v) is 5.76. The van der Waals surface area contributed by atoms with E-state index in [0.717, 1.165) is 59.5 Å². The largest absolute Gasteiger partial charge is 0.258 e. The fourth-order valence-electron chi connectivity index (χ4n) is 4.12. The lowest BCUT2D eigenvalue weighted by atomic mass is 9.96. The molecule has 0 bridgehead atoms. The lowest BCUT2D eigenvalue weighted by molar-refractivity contribution is 1.05. The summed E-state index contributed by atoms with van der Waals surface area (Å²) >= 11 is 0. The van der Waals surface area contributed by atoms with Gasteiger partial charge in [-0.25, -0.2) is 4.99 Å². The van der Waals surface area contributed by atoms with E-state index in [1.807, 2.05) is 32.1 Å². The molecule has 2 aliphatic carbocycles. The zero-order valence-electron chi connectivity index (χ0n) is 22.0. The van der Waals surface area contributed by atoms with Crippen molar-refractivity contribution < 1.29 is 0 Å². The average molecular weight is 483 g/mol. The summed E-state index contributed by atoms with van der Waals surface area (Å²) in [5.41, 5.74) is 8.67. The van der Waals surface area contributed by atoms with E-state index in [9.17, 15) is 0 Å². The van der Waals surface area contributed by atoms with Gasteiger partial charge >= 0.3 is 0 Å². The van der Waals surface area contributed by atoms with Crippen LogP contribution in [-0.4, -0.2) is 10.7 Å². The highest BCUT2D eigenvalue weighted by atomic mass is 14.7. The van der Waals surface area contributed by atoms with Crippen LogP contribution in [0.1, 0.15) is 55.1 Å². The van der Waals surface area contributed by atoms with Gasteiger partial charge in [0.25, 0.3) is 0 Å². The average Bonchev–Trinajstić information content (AvgIpc) is 2.96. The number of terminal acetylenes is 1. The number of nitrogens with zero attached hydrogens (tertiary/aromatic N) is 2. The Kier molecular flexibility index (Phi) is 10.9. The molecule has 0 amide bonds. The van der Waals surface area contributed by atoms with Gasteiger partial charge in [0.1, 0.15) is 0 Å². The van der Waals surface area contributed by atoms with Crippen molar-refractivity contribution >= 4 is 17.4 Å². The van der Waals surface area contributed by atoms with Crippen LogP contribution in [0.5, 0.6) is 0 Å². The molecule has 0 aromatic carbocycles. The Hall–Kier alpha value is -4.40. The second-order valence-electron chi connectivity index (χ2n) is 8.84. The first-order valence-electron chi connectivity index (χ1n) is 12.6. The summed E-state index contributed by atoms with van der Waals surface area (Å²) in [6.45, 7) is 6.03. The molecular weight excluding hydrogens is 448 g/mol. The Morgan fingerprint density at radius 1 is 1.11 bits per heavy atom. The first-order chi connectivity index (χ1) is 18.1. The normalized spacial score (nSPS) is 18.0. The Morgan fingerprint density at radius 3 is 2.81 bits per heavy atom. The fraction of sp³-hybridized carbons (Fsp3) is 0.200. The van der Waals surface area contributed by atoms with Gasteiger partial charge in [0, 0.05) is 41.5 Å². The van der Waals surface area contributed by atoms with Crippen molar-refractivity contribution in [3.63, 3.8) is 0 Å². The number of pyridine rings is 1. The van der Waals surface area contributed by atoms with E-state index in [1.54, 1.807) is 0 Å². The van der Waals surface area contributed by atoms with Crippen LogP contribution in [0.4, 0.5) is 0 Å². The number of hydrogen-bond donors (Lipinski definition) is 0. The molecule has 3 rings (SSSR count). The second-order valence-corrected chi connectivity index (χ2v) is 8.84. The lowest BCUT2D eigenvalue weighted by Crippen LogP contribution is -1.97. The summed E-state index contributed by atoms with van der Waals surface area (Å²) in [5, 5.41) is 0. The first-order valence-corrected chi connectivity index (χ1v) is 12.6. The molecule has 0 spiro atoms. The third-order valence-electron chi connectivity index (χ3n) is 5.76. The molecule has 1 heterocycles. The van der Waals surface area contributed by atoms with E-state index in [-0.39, 0.29) is 0 Å². The van der Waals surface area contributed by atoms with E-state index >= 15 is 0 Å². The molecule has 2 nitrogen and oxygen atoms in total. The summed E-state index contributed by atoms with van der Waals surface area (Å²) in [6.07, 6.45) is 40.4. The summed E-state index contributed by atoms with van der Waals surface area (Å²) in [5.74, 6) is 6.39. The lowest BCUT2D eigenvalue weighted by Gasteiger charge is -2.12. The van der Waals surface area contributed by atoms with Crippen LogP contribution in [0.3, 0.4) is 0 Å². The summed E-state index contributed by atoms with van der Waals surface area (Å²) in [6, 6.07) is 4.53. The molecule has 1 aromatic heterocycles. The molecule has 0 aliphatic heterocycles. The quantitative estimate of drug-likeness (QED) is 0.218. The maximum absolute atomic E-state index is 5.39. The van der Waals surface area contributed by atoms with Crippen molar-refractivity contribution in [2.75, 3.05) is 0 Å². The van der Waals surface area contributed by atoms with E-state index < -0.39 is 0 Å². The monoisotopic (exact) mass is 482 g/mol. The smallest absolute Gasteiger partial charge is 0.0482 e. The van der Waals surface area contributed by atoms with Crippen molar-refractivity contribution in [3.8, 4) is 24.3 Å². The molecule has 0 unspecified atom stereocenters. The third kappa shape index (κ3) is 9.29. The van der Waals surface area contributed by atoms with Gasteiger partial charge in [-0.15, -0.1) is 5.92 Å². The van der Waals surface area contributed by atoms with Gasteiger partial charge in [0.05, 0.1) is 0 Å². The number of allylic oxidation sites excluding steroid dienone is 17. The Labute approximate surface area is 222 Å². The SMILES string of the molecule is C#CN=C(C)\C=C(/C=C/C=C\c1c(C2=C/C=C/C=C/C=C2)cc(C)nc1C)CC1=CCCC#CCC=C1. The van der Waals surface area contributed by atoms with E-state index in [4.69, 9.17) is 11.4 Å². The minimum Gasteiger partial charge on any atom is -0.258 e. The number of aliphatic imine (C=N–C) groups is 1. The van der Waals surface area contributed by atoms with Crippen LogP contribution >= 0.6 is 0 Å². The van der Waals surface area contributed by atoms with Crippen LogP contribution in [-0.2, 0) is 0 Å². The summed E-state index contributed by atoms with van der Waals surface area (Å²) < 4.78 is 0. The molecule has 0 N–H and O–H groups in total. The van der Waals surface area contributed by atoms with Gasteiger partial charge < -0.3 is 0 Å². The molecule has 37 heavy (non-hydrogen) atoms. The molecule has 0 atom stereocenters. The zero-order chi connectivity index (χ0) is 26.3. The molecule has 0 radical (unpaired) electrons. The van der Waals surface area contributed by atoms with Gasteiger partial charge in [-0.3, -0.25) is 4.98 Å². The topological polar surface area (TPSA) is 25.2 Å². The maximum Gasteiger partial charge on any atom is 0.0482 e. The maximum atomic E-state index is 5.39. The fourth-order valence-corrected chi connectivity index (χ4v) is 4.12. The van der Waals surface area contributed by atoms with Gasteiger partial charge in [0.15, 0.2) is 0 Å². The molecule has 2 aliphatic rings. The molecule has 0 fully saturated rings. The second kappa shape index (κ2) is 14.9. The molecule has 1 aromatic rings. The van der Waals surface area contributed by atoms with E-state index in [1.165, 1.54) is 11.1 Å². The molecule has 0 saturated heterocycles. The Morgan fingerprint density at radius 2 is 1.95 bits per heavy atom. The van der Waals surface area contributed by atoms with Crippen molar-refractivity contribution in [2.45, 2.75) is 46.5 Å². The highest BCUT2D eigenvalue weighted by Gasteiger charge is 2.09. The minimum atomic E-state index is 0.788. The van der Waals surface area contributed by atoms with Crippen LogP contribution < -0.4 is 0 Å². The molecule has 184 valence electrons. The van der Waals surface area contributed by atoms with Gasteiger partial charge in [-0.1, -0.05) is 97.4 Å². The van der Waals surface area contributed by atoms with Crippen LogP contribution in [0, 0.1) is 38.2 Å². The van der Waals surface area contributed by atoms with Gasteiger partial charge in [-0.2, -0.15) is 0 Å². The highest BCUT2D eigenvalue weighted by Crippen LogP contribution is 2.26. The highest BCUT2D eigenvalue weighted by molar-refractivity contribution is 5.94. The van der Waals surface area contributed by atoms with Crippen molar-refractivity contribution in [1.82, 2.24) is 4.98 Å². The number of hydrogen-bond acceptors (Lipinski definition) is 2. The molecular formula is C35H34N2. The zero-order valence-corrected chi connectivity index (χ0v) is 22.0. The van der Waals surface area contributed by atoms with Crippen LogP contribution in [0.25, 0.3) is 11.6 Å². The summed E-state index contributed by atoms with van der Waals surface area (Å²) in [7, 11) is 0. The van der Waals surface area contributed by atoms with Gasteiger partial charge in [0.2, 0.25) is 0 Å². The van der Waals surface area contributed by atoms with Crippen molar-refractivity contribution in [1.29, 1.82) is 0 Å². The number of rotatable bonds is 7. The standard InChI is InChI=1S/C35H34N2/c1-5-36-28(2)25-32(27-31-19-13-9-6-7-10-14-20-31)21-17-18-24-34-30(4)37-29(3)26-35(34)33-22-15-11-8-12-16-23-33/h1,8,11-13,15-26H,9-10,14,27H2,2-4H3/b11-8+,12-8?,15-11?,16-12+,19-13?,21-17+,22-15?,23-16?,24-18-,31-20?,32-25+,33-22?,33-23?,36-28?. The van der Waals surface area contributed by atoms with Crippen LogP contribution in [0.15, 0.2) is 107 Å². The first kappa shape index (κ1) is 27.2. The molecule has 2 heteroatoms. The number of aryl methyl sites for hydroxylation is 2. The Bertz CT molecular complexity index is 1390. The van der Waals surface area contributed by atoms with E-state index in [2.05, 4.69) is 109 Å². The van der Waals surface area contributed by atoms with E-state index in [0.29, 0.717) is 0 Å². The summed E-state index contributed by atoms with van der Waals surface area (Å²) in [4.78, 5) is 8.82.